The van der Waals surface area contributed by atoms with E-state index in [9.17, 15) is 4.79 Å². The molecule has 0 spiro atoms. The molecule has 4 heteroatoms. The zero-order chi connectivity index (χ0) is 12.1. The van der Waals surface area contributed by atoms with Crippen LogP contribution in [0.1, 0.15) is 22.5 Å². The molecule has 1 amide bonds. The van der Waals surface area contributed by atoms with Gasteiger partial charge in [0.15, 0.2) is 0 Å². The number of carbonyl (C=O) groups is 1. The van der Waals surface area contributed by atoms with Gasteiger partial charge in [-0.15, -0.1) is 11.3 Å². The number of carbonyl (C=O) groups excluding carboxylic acids is 1. The highest BCUT2D eigenvalue weighted by atomic mass is 79.9. The lowest BCUT2D eigenvalue weighted by molar-refractivity contribution is 0.0957. The smallest absolute Gasteiger partial charge is 0.261 e. The van der Waals surface area contributed by atoms with Crippen LogP contribution in [0.2, 0.25) is 0 Å². The van der Waals surface area contributed by atoms with Gasteiger partial charge in [0, 0.05) is 16.6 Å². The highest BCUT2D eigenvalue weighted by molar-refractivity contribution is 9.09. The van der Waals surface area contributed by atoms with E-state index in [1.165, 1.54) is 0 Å². The zero-order valence-corrected chi connectivity index (χ0v) is 11.8. The summed E-state index contributed by atoms with van der Waals surface area (Å²) >= 11 is 4.92. The van der Waals surface area contributed by atoms with E-state index in [-0.39, 0.29) is 5.91 Å². The minimum Gasteiger partial charge on any atom is -0.351 e. The second-order valence-electron chi connectivity index (χ2n) is 3.80. The van der Waals surface area contributed by atoms with Gasteiger partial charge in [0.1, 0.15) is 0 Å². The normalized spacial score (nSPS) is 10.6. The van der Waals surface area contributed by atoms with Gasteiger partial charge in [-0.05, 0) is 30.4 Å². The van der Waals surface area contributed by atoms with Crippen LogP contribution in [0.3, 0.4) is 0 Å². The van der Waals surface area contributed by atoms with Gasteiger partial charge in [-0.3, -0.25) is 4.79 Å². The molecule has 90 valence electrons. The van der Waals surface area contributed by atoms with Crippen molar-refractivity contribution in [2.24, 2.45) is 0 Å². The number of thiophene rings is 1. The van der Waals surface area contributed by atoms with E-state index in [1.54, 1.807) is 11.3 Å². The number of hydrogen-bond donors (Lipinski definition) is 1. The fraction of sp³-hybridized carbons (Fsp3) is 0.308. The van der Waals surface area contributed by atoms with E-state index >= 15 is 0 Å². The maximum Gasteiger partial charge on any atom is 0.261 e. The van der Waals surface area contributed by atoms with E-state index in [0.29, 0.717) is 0 Å². The molecule has 0 atom stereocenters. The summed E-state index contributed by atoms with van der Waals surface area (Å²) in [5.41, 5.74) is 0. The summed E-state index contributed by atoms with van der Waals surface area (Å²) in [5, 5.41) is 5.08. The lowest BCUT2D eigenvalue weighted by Crippen LogP contribution is -2.23. The average Bonchev–Trinajstić information content (AvgIpc) is 2.78. The summed E-state index contributed by atoms with van der Waals surface area (Å²) in [4.78, 5) is 12.7. The number of fused-ring (bicyclic) bond motifs is 1. The van der Waals surface area contributed by atoms with Crippen molar-refractivity contribution in [3.8, 4) is 0 Å². The largest absolute Gasteiger partial charge is 0.351 e. The van der Waals surface area contributed by atoms with E-state index in [2.05, 4.69) is 21.2 Å². The third-order valence-corrected chi connectivity index (χ3v) is 4.17. The number of rotatable bonds is 5. The summed E-state index contributed by atoms with van der Waals surface area (Å²) in [6.45, 7) is 0.749. The summed E-state index contributed by atoms with van der Waals surface area (Å²) in [7, 11) is 0. The van der Waals surface area contributed by atoms with E-state index in [0.717, 1.165) is 39.7 Å². The van der Waals surface area contributed by atoms with Gasteiger partial charge in [0.2, 0.25) is 0 Å². The fourth-order valence-corrected chi connectivity index (χ4v) is 2.98. The molecule has 0 bridgehead atoms. The van der Waals surface area contributed by atoms with Gasteiger partial charge in [0.05, 0.1) is 4.88 Å². The highest BCUT2D eigenvalue weighted by Gasteiger charge is 2.08. The molecule has 2 rings (SSSR count). The second-order valence-corrected chi connectivity index (χ2v) is 5.68. The van der Waals surface area contributed by atoms with Crippen molar-refractivity contribution in [2.45, 2.75) is 12.8 Å². The lowest BCUT2D eigenvalue weighted by Gasteiger charge is -2.01. The predicted molar refractivity (Wildman–Crippen MR) is 77.2 cm³/mol. The van der Waals surface area contributed by atoms with Crippen molar-refractivity contribution in [3.63, 3.8) is 0 Å². The van der Waals surface area contributed by atoms with Crippen LogP contribution < -0.4 is 5.32 Å². The molecule has 0 aliphatic heterocycles. The third-order valence-electron chi connectivity index (χ3n) is 2.50. The Morgan fingerprint density at radius 1 is 1.29 bits per heavy atom. The molecule has 1 aromatic carbocycles. The van der Waals surface area contributed by atoms with E-state index < -0.39 is 0 Å². The molecule has 2 nitrogen and oxygen atoms in total. The molecule has 0 fully saturated rings. The standard InChI is InChI=1S/C13H14BrNOS/c14-7-3-4-8-15-13(16)12-9-10-5-1-2-6-11(10)17-12/h1-2,5-6,9H,3-4,7-8H2,(H,15,16). The van der Waals surface area contributed by atoms with Crippen LogP contribution in [-0.2, 0) is 0 Å². The van der Waals surface area contributed by atoms with Crippen LogP contribution in [0.25, 0.3) is 10.1 Å². The monoisotopic (exact) mass is 311 g/mol. The number of nitrogens with one attached hydrogen (secondary N) is 1. The topological polar surface area (TPSA) is 29.1 Å². The molecule has 0 saturated heterocycles. The van der Waals surface area contributed by atoms with E-state index in [4.69, 9.17) is 0 Å². The first-order valence-corrected chi connectivity index (χ1v) is 7.58. The molecule has 0 unspecified atom stereocenters. The number of hydrogen-bond acceptors (Lipinski definition) is 2. The van der Waals surface area contributed by atoms with Crippen molar-refractivity contribution in [1.29, 1.82) is 0 Å². The Bertz CT molecular complexity index is 476. The molecule has 0 aliphatic carbocycles. The SMILES string of the molecule is O=C(NCCCCBr)c1cc2ccccc2s1. The summed E-state index contributed by atoms with van der Waals surface area (Å²) in [6, 6.07) is 10.0. The maximum absolute atomic E-state index is 11.9. The van der Waals surface area contributed by atoms with E-state index in [1.807, 2.05) is 30.3 Å². The van der Waals surface area contributed by atoms with Gasteiger partial charge in [-0.2, -0.15) is 0 Å². The number of amides is 1. The van der Waals surface area contributed by atoms with Crippen molar-refractivity contribution >= 4 is 43.3 Å². The molecule has 17 heavy (non-hydrogen) atoms. The minimum atomic E-state index is 0.0424. The Morgan fingerprint density at radius 3 is 2.88 bits per heavy atom. The molecule has 0 radical (unpaired) electrons. The Labute approximate surface area is 113 Å². The number of halogens is 1. The molecule has 1 heterocycles. The Hall–Kier alpha value is -0.870. The minimum absolute atomic E-state index is 0.0424. The first-order valence-electron chi connectivity index (χ1n) is 5.64. The van der Waals surface area contributed by atoms with Crippen LogP contribution in [-0.4, -0.2) is 17.8 Å². The first kappa shape index (κ1) is 12.6. The third kappa shape index (κ3) is 3.30. The highest BCUT2D eigenvalue weighted by Crippen LogP contribution is 2.24. The number of benzene rings is 1. The first-order chi connectivity index (χ1) is 8.31. The summed E-state index contributed by atoms with van der Waals surface area (Å²) in [5.74, 6) is 0.0424. The predicted octanol–water partition coefficient (Wildman–Crippen LogP) is 3.81. The number of unbranched alkanes of at least 4 members (excludes halogenated alkanes) is 1. The van der Waals surface area contributed by atoms with Crippen LogP contribution in [0, 0.1) is 0 Å². The Balaban J connectivity index is 1.99. The maximum atomic E-state index is 11.9. The molecule has 1 aromatic heterocycles. The van der Waals surface area contributed by atoms with Gasteiger partial charge < -0.3 is 5.32 Å². The van der Waals surface area contributed by atoms with Gasteiger partial charge in [-0.25, -0.2) is 0 Å². The second kappa shape index (κ2) is 6.17. The Kier molecular flexibility index (Phi) is 4.57. The van der Waals surface area contributed by atoms with Crippen molar-refractivity contribution in [3.05, 3.63) is 35.2 Å². The zero-order valence-electron chi connectivity index (χ0n) is 9.41. The van der Waals surface area contributed by atoms with Gasteiger partial charge >= 0.3 is 0 Å². The van der Waals surface area contributed by atoms with Crippen molar-refractivity contribution in [1.82, 2.24) is 5.32 Å². The molecule has 1 N–H and O–H groups in total. The van der Waals surface area contributed by atoms with Gasteiger partial charge in [-0.1, -0.05) is 34.1 Å². The van der Waals surface area contributed by atoms with Gasteiger partial charge in [0.25, 0.3) is 5.91 Å². The average molecular weight is 312 g/mol. The summed E-state index contributed by atoms with van der Waals surface area (Å²) < 4.78 is 1.16. The van der Waals surface area contributed by atoms with Crippen LogP contribution in [0.4, 0.5) is 0 Å². The molecular formula is C13H14BrNOS. The van der Waals surface area contributed by atoms with Crippen LogP contribution in [0.15, 0.2) is 30.3 Å². The van der Waals surface area contributed by atoms with Crippen LogP contribution in [0.5, 0.6) is 0 Å². The molecular weight excluding hydrogens is 298 g/mol. The summed E-state index contributed by atoms with van der Waals surface area (Å²) in [6.07, 6.45) is 2.11. The fourth-order valence-electron chi connectivity index (χ4n) is 1.60. The molecule has 2 aromatic rings. The lowest BCUT2D eigenvalue weighted by atomic mass is 10.2. The van der Waals surface area contributed by atoms with Crippen molar-refractivity contribution in [2.75, 3.05) is 11.9 Å². The van der Waals surface area contributed by atoms with Crippen LogP contribution >= 0.6 is 27.3 Å². The molecule has 0 saturated carbocycles. The molecule has 0 aliphatic rings. The Morgan fingerprint density at radius 2 is 2.12 bits per heavy atom. The quantitative estimate of drug-likeness (QED) is 0.660. The van der Waals surface area contributed by atoms with Crippen molar-refractivity contribution < 1.29 is 4.79 Å². The number of alkyl halides is 1.